The van der Waals surface area contributed by atoms with Crippen molar-refractivity contribution in [2.24, 2.45) is 5.92 Å². The van der Waals surface area contributed by atoms with Crippen LogP contribution in [0.25, 0.3) is 11.3 Å². The van der Waals surface area contributed by atoms with Gasteiger partial charge in [0.05, 0.1) is 34.7 Å². The predicted octanol–water partition coefficient (Wildman–Crippen LogP) is 5.20. The highest BCUT2D eigenvalue weighted by Gasteiger charge is 2.38. The van der Waals surface area contributed by atoms with Gasteiger partial charge in [0.25, 0.3) is 0 Å². The number of benzene rings is 1. The average molecular weight is 575 g/mol. The largest absolute Gasteiger partial charge is 0.492 e. The second kappa shape index (κ2) is 13.6. The van der Waals surface area contributed by atoms with Crippen LogP contribution < -0.4 is 4.74 Å². The summed E-state index contributed by atoms with van der Waals surface area (Å²) >= 11 is 0. The fourth-order valence-electron chi connectivity index (χ4n) is 3.50. The summed E-state index contributed by atoms with van der Waals surface area (Å²) in [6.45, 7) is 8.99. The Morgan fingerprint density at radius 2 is 1.62 bits per heavy atom. The molecule has 0 atom stereocenters. The molecular formula is C26H33F3N2O7S. The maximum Gasteiger partial charge on any atom is 0.490 e. The second-order valence-corrected chi connectivity index (χ2v) is 12.0. The molecule has 13 heteroatoms. The van der Waals surface area contributed by atoms with E-state index in [0.29, 0.717) is 36.3 Å². The number of halogens is 3. The molecule has 0 aliphatic carbocycles. The van der Waals surface area contributed by atoms with Gasteiger partial charge in [-0.25, -0.2) is 18.0 Å². The van der Waals surface area contributed by atoms with Gasteiger partial charge in [-0.2, -0.15) is 13.2 Å². The minimum Gasteiger partial charge on any atom is -0.492 e. The summed E-state index contributed by atoms with van der Waals surface area (Å²) in [5, 5.41) is 6.67. The van der Waals surface area contributed by atoms with Gasteiger partial charge in [0.15, 0.2) is 9.84 Å². The third-order valence-electron chi connectivity index (χ3n) is 5.77. The summed E-state index contributed by atoms with van der Waals surface area (Å²) in [5.41, 5.74) is 1.60. The van der Waals surface area contributed by atoms with E-state index in [0.717, 1.165) is 24.1 Å². The number of alkyl halides is 3. The monoisotopic (exact) mass is 574 g/mol. The van der Waals surface area contributed by atoms with Crippen LogP contribution >= 0.6 is 0 Å². The molecule has 216 valence electrons. The molecule has 0 spiro atoms. The van der Waals surface area contributed by atoms with E-state index in [-0.39, 0.29) is 12.2 Å². The zero-order chi connectivity index (χ0) is 29.4. The van der Waals surface area contributed by atoms with Crippen LogP contribution in [0.3, 0.4) is 0 Å². The molecule has 39 heavy (non-hydrogen) atoms. The van der Waals surface area contributed by atoms with Crippen LogP contribution in [-0.2, 0) is 19.4 Å². The first-order valence-electron chi connectivity index (χ1n) is 12.3. The zero-order valence-corrected chi connectivity index (χ0v) is 23.0. The quantitative estimate of drug-likeness (QED) is 0.479. The Morgan fingerprint density at radius 3 is 2.05 bits per heavy atom. The topological polar surface area (TPSA) is 123 Å². The van der Waals surface area contributed by atoms with Gasteiger partial charge in [0.2, 0.25) is 0 Å². The molecule has 2 heterocycles. The number of aliphatic carboxylic acids is 1. The van der Waals surface area contributed by atoms with E-state index in [1.54, 1.807) is 49.2 Å². The molecule has 1 N–H and O–H groups in total. The van der Waals surface area contributed by atoms with E-state index < -0.39 is 27.2 Å². The van der Waals surface area contributed by atoms with Crippen molar-refractivity contribution in [3.8, 4) is 17.0 Å². The zero-order valence-electron chi connectivity index (χ0n) is 22.1. The SMILES string of the molecule is CC(C)OC(=O)N1CCC(COc2ccc(-c3ccc(S(=O)(=O)C(C)C)cc3)nc2)CC1.O=C(O)C(F)(F)F. The van der Waals surface area contributed by atoms with E-state index in [9.17, 15) is 26.4 Å². The lowest BCUT2D eigenvalue weighted by atomic mass is 9.98. The third-order valence-corrected chi connectivity index (χ3v) is 7.94. The smallest absolute Gasteiger partial charge is 0.490 e. The number of pyridine rings is 1. The van der Waals surface area contributed by atoms with E-state index >= 15 is 0 Å². The number of hydrogen-bond acceptors (Lipinski definition) is 7. The van der Waals surface area contributed by atoms with Crippen LogP contribution in [0.1, 0.15) is 40.5 Å². The van der Waals surface area contributed by atoms with Crippen LogP contribution in [0, 0.1) is 5.92 Å². The number of carbonyl (C=O) groups is 2. The second-order valence-electron chi connectivity index (χ2n) is 9.47. The minimum absolute atomic E-state index is 0.106. The van der Waals surface area contributed by atoms with Gasteiger partial charge in [-0.1, -0.05) is 12.1 Å². The average Bonchev–Trinajstić information content (AvgIpc) is 2.87. The Balaban J connectivity index is 0.000000673. The summed E-state index contributed by atoms with van der Waals surface area (Å²) in [6.07, 6.45) is -1.99. The molecule has 0 saturated carbocycles. The molecular weight excluding hydrogens is 541 g/mol. The first kappa shape index (κ1) is 31.9. The molecule has 2 aromatic rings. The van der Waals surface area contributed by atoms with Gasteiger partial charge in [-0.15, -0.1) is 0 Å². The molecule has 1 aromatic heterocycles. The molecule has 9 nitrogen and oxygen atoms in total. The van der Waals surface area contributed by atoms with Crippen LogP contribution in [0.2, 0.25) is 0 Å². The Morgan fingerprint density at radius 1 is 1.05 bits per heavy atom. The first-order chi connectivity index (χ1) is 18.1. The molecule has 1 saturated heterocycles. The third kappa shape index (κ3) is 9.72. The van der Waals surface area contributed by atoms with E-state index in [1.165, 1.54) is 0 Å². The standard InChI is InChI=1S/C24H32N2O5S.C2HF3O2/c1-17(2)31-24(27)26-13-11-19(12-14-26)16-30-21-7-10-23(25-15-21)20-5-8-22(9-6-20)32(28,29)18(3)4;3-2(4,5)1(6)7/h5-10,15,17-19H,11-14,16H2,1-4H3;(H,6,7). The molecule has 1 amide bonds. The molecule has 1 fully saturated rings. The summed E-state index contributed by atoms with van der Waals surface area (Å²) < 4.78 is 67.4. The molecule has 0 radical (unpaired) electrons. The summed E-state index contributed by atoms with van der Waals surface area (Å²) in [7, 11) is -3.28. The number of ether oxygens (including phenoxy) is 2. The van der Waals surface area contributed by atoms with Crippen molar-refractivity contribution in [3.05, 3.63) is 42.6 Å². The Hall–Kier alpha value is -3.35. The fraction of sp³-hybridized carbons (Fsp3) is 0.500. The molecule has 1 aliphatic heterocycles. The van der Waals surface area contributed by atoms with Crippen LogP contribution in [0.4, 0.5) is 18.0 Å². The van der Waals surface area contributed by atoms with Gasteiger partial charge in [-0.05, 0) is 70.7 Å². The lowest BCUT2D eigenvalue weighted by molar-refractivity contribution is -0.192. The number of carbonyl (C=O) groups excluding carboxylic acids is 1. The van der Waals surface area contributed by atoms with Gasteiger partial charge in [-0.3, -0.25) is 4.98 Å². The maximum atomic E-state index is 12.3. The predicted molar refractivity (Wildman–Crippen MR) is 137 cm³/mol. The number of likely N-dealkylation sites (tertiary alicyclic amines) is 1. The van der Waals surface area contributed by atoms with Crippen molar-refractivity contribution in [1.82, 2.24) is 9.88 Å². The summed E-state index contributed by atoms with van der Waals surface area (Å²) in [6, 6.07) is 10.5. The normalized spacial score (nSPS) is 14.5. The highest BCUT2D eigenvalue weighted by molar-refractivity contribution is 7.92. The summed E-state index contributed by atoms with van der Waals surface area (Å²) in [4.78, 5) is 27.4. The number of hydrogen-bond donors (Lipinski definition) is 1. The van der Waals surface area contributed by atoms with Crippen molar-refractivity contribution in [3.63, 3.8) is 0 Å². The number of rotatable bonds is 7. The highest BCUT2D eigenvalue weighted by Crippen LogP contribution is 2.24. The van der Waals surface area contributed by atoms with Crippen molar-refractivity contribution in [2.45, 2.75) is 63.0 Å². The summed E-state index contributed by atoms with van der Waals surface area (Å²) in [5.74, 6) is -1.69. The molecule has 1 aromatic carbocycles. The van der Waals surface area contributed by atoms with Gasteiger partial charge >= 0.3 is 18.2 Å². The van der Waals surface area contributed by atoms with Crippen LogP contribution in [0.5, 0.6) is 5.75 Å². The van der Waals surface area contributed by atoms with Crippen molar-refractivity contribution >= 4 is 21.9 Å². The number of sulfone groups is 1. The van der Waals surface area contributed by atoms with Crippen LogP contribution in [-0.4, -0.2) is 72.7 Å². The van der Waals surface area contributed by atoms with E-state index in [2.05, 4.69) is 4.98 Å². The van der Waals surface area contributed by atoms with Crippen molar-refractivity contribution in [1.29, 1.82) is 0 Å². The van der Waals surface area contributed by atoms with E-state index in [1.807, 2.05) is 26.0 Å². The van der Waals surface area contributed by atoms with Gasteiger partial charge in [0.1, 0.15) is 5.75 Å². The van der Waals surface area contributed by atoms with Crippen molar-refractivity contribution in [2.75, 3.05) is 19.7 Å². The number of carboxylic acids is 1. The molecule has 0 unspecified atom stereocenters. The number of aromatic nitrogens is 1. The molecule has 1 aliphatic rings. The van der Waals surface area contributed by atoms with Gasteiger partial charge < -0.3 is 19.5 Å². The molecule has 3 rings (SSSR count). The number of amides is 1. The highest BCUT2D eigenvalue weighted by atomic mass is 32.2. The lowest BCUT2D eigenvalue weighted by Crippen LogP contribution is -2.40. The van der Waals surface area contributed by atoms with Crippen LogP contribution in [0.15, 0.2) is 47.5 Å². The minimum atomic E-state index is -5.08. The Kier molecular flexibility index (Phi) is 11.1. The Bertz CT molecular complexity index is 1190. The Labute approximate surface area is 225 Å². The van der Waals surface area contributed by atoms with Crippen molar-refractivity contribution < 1.29 is 45.8 Å². The number of piperidine rings is 1. The lowest BCUT2D eigenvalue weighted by Gasteiger charge is -2.31. The number of carboxylic acid groups (broad SMARTS) is 1. The number of nitrogens with zero attached hydrogens (tertiary/aromatic N) is 2. The first-order valence-corrected chi connectivity index (χ1v) is 13.8. The van der Waals surface area contributed by atoms with E-state index in [4.69, 9.17) is 19.4 Å². The maximum absolute atomic E-state index is 12.3. The van der Waals surface area contributed by atoms with Gasteiger partial charge in [0, 0.05) is 18.7 Å². The molecule has 0 bridgehead atoms. The fourth-order valence-corrected chi connectivity index (χ4v) is 4.56.